The second-order valence-electron chi connectivity index (χ2n) is 23.3. The number of unbranched alkanes of at least 4 members (excludes halogenated alkanes) is 37. The highest BCUT2D eigenvalue weighted by Crippen LogP contribution is 2.43. The third-order valence-corrected chi connectivity index (χ3v) is 15.5. The lowest BCUT2D eigenvalue weighted by atomic mass is 10.0. The Kier molecular flexibility index (Phi) is 55.3. The van der Waals surface area contributed by atoms with Crippen LogP contribution in [0.25, 0.3) is 0 Å². The summed E-state index contributed by atoms with van der Waals surface area (Å²) in [4.78, 5) is 37.7. The van der Waals surface area contributed by atoms with E-state index in [1.165, 1.54) is 186 Å². The minimum Gasteiger partial charge on any atom is -0.456 e. The topological polar surface area (TPSA) is 111 Å². The maximum absolute atomic E-state index is 13.5. The van der Waals surface area contributed by atoms with E-state index in [4.69, 9.17) is 13.8 Å². The van der Waals surface area contributed by atoms with Crippen LogP contribution in [0.2, 0.25) is 0 Å². The van der Waals surface area contributed by atoms with Gasteiger partial charge >= 0.3 is 13.8 Å². The van der Waals surface area contributed by atoms with Crippen LogP contribution in [0.4, 0.5) is 0 Å². The number of quaternary nitrogens is 1. The summed E-state index contributed by atoms with van der Waals surface area (Å²) in [5.41, 5.74) is 0. The van der Waals surface area contributed by atoms with Crippen molar-refractivity contribution in [3.8, 4) is 0 Å². The van der Waals surface area contributed by atoms with Crippen molar-refractivity contribution in [2.24, 2.45) is 0 Å². The Hall–Kier alpha value is -2.29. The third kappa shape index (κ3) is 58.2. The molecule has 10 heteroatoms. The number of carbonyl (C=O) groups excluding carboxylic acids is 2. The zero-order valence-electron chi connectivity index (χ0n) is 51.5. The molecule has 77 heavy (non-hydrogen) atoms. The van der Waals surface area contributed by atoms with Gasteiger partial charge in [-0.1, -0.05) is 275 Å². The fraction of sp³-hybridized carbons (Fsp3) is 0.821. The van der Waals surface area contributed by atoms with E-state index < -0.39 is 20.0 Å². The zero-order valence-corrected chi connectivity index (χ0v) is 52.3. The molecule has 1 amide bonds. The molecule has 2 N–H and O–H groups in total. The number of nitrogens with one attached hydrogen (secondary N) is 1. The number of hydrogen-bond acceptors (Lipinski definition) is 6. The number of carbonyl (C=O) groups is 2. The Morgan fingerprint density at radius 1 is 0.468 bits per heavy atom. The molecule has 0 spiro atoms. The van der Waals surface area contributed by atoms with Gasteiger partial charge in [-0.15, -0.1) is 0 Å². The molecule has 0 saturated carbocycles. The summed E-state index contributed by atoms with van der Waals surface area (Å²) in [5, 5.41) is 3.04. The van der Waals surface area contributed by atoms with Crippen molar-refractivity contribution in [3.63, 3.8) is 0 Å². The lowest BCUT2D eigenvalue weighted by molar-refractivity contribution is -0.870. The van der Waals surface area contributed by atoms with Gasteiger partial charge in [0, 0.05) is 12.8 Å². The molecule has 0 aliphatic carbocycles. The Bertz CT molecular complexity index is 1500. The van der Waals surface area contributed by atoms with Gasteiger partial charge in [0.15, 0.2) is 0 Å². The number of ether oxygens (including phenoxy) is 1. The average Bonchev–Trinajstić information content (AvgIpc) is 3.39. The molecular weight excluding hydrogens is 976 g/mol. The summed E-state index contributed by atoms with van der Waals surface area (Å²) in [5.74, 6) is -0.522. The van der Waals surface area contributed by atoms with Crippen molar-refractivity contribution in [2.45, 2.75) is 315 Å². The zero-order chi connectivity index (χ0) is 56.4. The lowest BCUT2D eigenvalue weighted by Crippen LogP contribution is -2.47. The molecule has 0 fully saturated rings. The van der Waals surface area contributed by atoms with Crippen LogP contribution in [0, 0.1) is 0 Å². The predicted molar refractivity (Wildman–Crippen MR) is 332 cm³/mol. The summed E-state index contributed by atoms with van der Waals surface area (Å²) in [7, 11) is 1.48. The average molecular weight is 1100 g/mol. The van der Waals surface area contributed by atoms with Crippen LogP contribution in [-0.4, -0.2) is 74.3 Å². The molecule has 0 radical (unpaired) electrons. The fourth-order valence-corrected chi connectivity index (χ4v) is 10.2. The molecule has 0 aromatic rings. The van der Waals surface area contributed by atoms with Crippen LogP contribution in [0.15, 0.2) is 60.8 Å². The minimum atomic E-state index is -4.45. The molecule has 0 bridgehead atoms. The second-order valence-corrected chi connectivity index (χ2v) is 24.8. The van der Waals surface area contributed by atoms with Crippen LogP contribution < -0.4 is 5.32 Å². The van der Waals surface area contributed by atoms with Crippen molar-refractivity contribution in [3.05, 3.63) is 60.8 Å². The van der Waals surface area contributed by atoms with Gasteiger partial charge < -0.3 is 19.4 Å². The van der Waals surface area contributed by atoms with Gasteiger partial charge in [0.2, 0.25) is 5.91 Å². The number of phosphoric acid groups is 1. The number of phosphoric ester groups is 1. The number of nitrogens with zero attached hydrogens (tertiary/aromatic N) is 1. The third-order valence-electron chi connectivity index (χ3n) is 14.5. The summed E-state index contributed by atoms with van der Waals surface area (Å²) < 4.78 is 30.7. The number of hydrogen-bond donors (Lipinski definition) is 2. The largest absolute Gasteiger partial charge is 0.472 e. The van der Waals surface area contributed by atoms with Gasteiger partial charge in [-0.2, -0.15) is 0 Å². The summed E-state index contributed by atoms with van der Waals surface area (Å²) in [6.07, 6.45) is 72.5. The van der Waals surface area contributed by atoms with Crippen molar-refractivity contribution in [1.82, 2.24) is 5.32 Å². The quantitative estimate of drug-likeness (QED) is 0.0156. The molecule has 0 aliphatic rings. The highest BCUT2D eigenvalue weighted by Gasteiger charge is 2.30. The van der Waals surface area contributed by atoms with E-state index >= 15 is 0 Å². The second kappa shape index (κ2) is 57.0. The smallest absolute Gasteiger partial charge is 0.456 e. The Morgan fingerprint density at radius 2 is 0.844 bits per heavy atom. The molecule has 3 unspecified atom stereocenters. The number of esters is 1. The first-order valence-corrected chi connectivity index (χ1v) is 34.1. The van der Waals surface area contributed by atoms with E-state index in [2.05, 4.69) is 74.7 Å². The van der Waals surface area contributed by atoms with E-state index in [0.29, 0.717) is 17.4 Å². The van der Waals surface area contributed by atoms with Gasteiger partial charge in [-0.05, 0) is 76.7 Å². The summed E-state index contributed by atoms with van der Waals surface area (Å²) in [6.45, 7) is 6.87. The number of amides is 1. The van der Waals surface area contributed by atoms with Gasteiger partial charge in [0.05, 0.1) is 33.8 Å². The molecule has 0 saturated heterocycles. The molecule has 0 aromatic carbocycles. The molecule has 0 rings (SSSR count). The van der Waals surface area contributed by atoms with E-state index in [1.54, 1.807) is 0 Å². The lowest BCUT2D eigenvalue weighted by Gasteiger charge is -2.27. The van der Waals surface area contributed by atoms with Crippen molar-refractivity contribution >= 4 is 19.7 Å². The summed E-state index contributed by atoms with van der Waals surface area (Å²) in [6, 6.07) is -0.858. The number of likely N-dealkylation sites (N-methyl/N-ethyl adjacent to an activating group) is 1. The van der Waals surface area contributed by atoms with Crippen LogP contribution >= 0.6 is 7.82 Å². The molecule has 0 aromatic heterocycles. The van der Waals surface area contributed by atoms with E-state index in [1.807, 2.05) is 33.3 Å². The first kappa shape index (κ1) is 74.7. The highest BCUT2D eigenvalue weighted by atomic mass is 31.2. The van der Waals surface area contributed by atoms with Crippen LogP contribution in [-0.2, 0) is 27.9 Å². The van der Waals surface area contributed by atoms with Gasteiger partial charge in [0.1, 0.15) is 19.3 Å². The van der Waals surface area contributed by atoms with Crippen molar-refractivity contribution < 1.29 is 37.3 Å². The fourth-order valence-electron chi connectivity index (χ4n) is 9.47. The molecule has 0 heterocycles. The van der Waals surface area contributed by atoms with E-state index in [0.717, 1.165) is 83.5 Å². The van der Waals surface area contributed by atoms with Crippen molar-refractivity contribution in [2.75, 3.05) is 40.9 Å². The normalized spacial score (nSPS) is 14.0. The first-order valence-electron chi connectivity index (χ1n) is 32.6. The van der Waals surface area contributed by atoms with Crippen LogP contribution in [0.3, 0.4) is 0 Å². The standard InChI is InChI=1S/C67H125N2O7P/c1-7-10-13-16-19-22-25-27-28-29-30-31-32-33-34-35-36-37-38-39-40-42-45-48-51-54-57-60-67(71)76-65(58-55-52-49-46-43-24-21-18-15-12-9-3)64(63-75-77(72,73)74-62-61-69(4,5)6)68-66(70)59-56-53-50-47-44-41-26-23-20-17-14-11-8-2/h11,14,17,20,23,26-28,55,58,64-65H,7-10,12-13,15-16,18-19,21-22,24-25,29-54,56-57,59-63H2,1-6H3,(H-,68,70,72,73)/p+1/b14-11+,20-17+,26-23-,28-27+,58-55-. The minimum absolute atomic E-state index is 0.0355. The summed E-state index contributed by atoms with van der Waals surface area (Å²) >= 11 is 0. The Balaban J connectivity index is 4.97. The molecule has 450 valence electrons. The van der Waals surface area contributed by atoms with Gasteiger partial charge in [-0.3, -0.25) is 18.6 Å². The Morgan fingerprint density at radius 3 is 1.27 bits per heavy atom. The SMILES string of the molecule is CC/C=C/C=C/C=C\CCCCCCCC(=O)NC(COP(=O)(O)OCC[N+](C)(C)C)C(/C=C\CCCCCCCCCCC)OC(=O)CCCCCCCCCCCCCCCCCCC/C=C/CCCCCCCC. The Labute approximate surface area is 477 Å². The molecule has 9 nitrogen and oxygen atoms in total. The van der Waals surface area contributed by atoms with E-state index in [-0.39, 0.29) is 31.5 Å². The predicted octanol–water partition coefficient (Wildman–Crippen LogP) is 20.2. The molecule has 3 atom stereocenters. The first-order chi connectivity index (χ1) is 37.4. The van der Waals surface area contributed by atoms with Gasteiger partial charge in [-0.25, -0.2) is 4.57 Å². The van der Waals surface area contributed by atoms with Gasteiger partial charge in [0.25, 0.3) is 0 Å². The maximum Gasteiger partial charge on any atom is 0.472 e. The monoisotopic (exact) mass is 1100 g/mol. The van der Waals surface area contributed by atoms with Crippen LogP contribution in [0.1, 0.15) is 303 Å². The number of allylic oxidation sites excluding steroid dienone is 9. The van der Waals surface area contributed by atoms with Crippen molar-refractivity contribution in [1.29, 1.82) is 0 Å². The maximum atomic E-state index is 13.5. The van der Waals surface area contributed by atoms with E-state index in [9.17, 15) is 19.0 Å². The molecular formula is C67H126N2O7P+. The number of rotatable bonds is 59. The van der Waals surface area contributed by atoms with Crippen LogP contribution in [0.5, 0.6) is 0 Å². The highest BCUT2D eigenvalue weighted by molar-refractivity contribution is 7.47. The molecule has 0 aliphatic heterocycles.